The van der Waals surface area contributed by atoms with Gasteiger partial charge in [-0.25, -0.2) is 8.42 Å². The Morgan fingerprint density at radius 1 is 0.968 bits per heavy atom. The molecule has 0 aromatic heterocycles. The summed E-state index contributed by atoms with van der Waals surface area (Å²) in [6, 6.07) is 20.3. The molecule has 0 aliphatic rings. The van der Waals surface area contributed by atoms with Crippen molar-refractivity contribution in [2.45, 2.75) is 24.7 Å². The van der Waals surface area contributed by atoms with E-state index in [1.807, 2.05) is 37.3 Å². The summed E-state index contributed by atoms with van der Waals surface area (Å²) in [5.74, 6) is 0.598. The molecule has 0 heterocycles. The molecule has 31 heavy (non-hydrogen) atoms. The van der Waals surface area contributed by atoms with E-state index in [9.17, 15) is 13.2 Å². The molecule has 0 bridgehead atoms. The highest BCUT2D eigenvalue weighted by Crippen LogP contribution is 2.23. The first kappa shape index (κ1) is 22.7. The van der Waals surface area contributed by atoms with Gasteiger partial charge in [0.1, 0.15) is 5.75 Å². The van der Waals surface area contributed by atoms with Gasteiger partial charge in [0.05, 0.1) is 17.2 Å². The summed E-state index contributed by atoms with van der Waals surface area (Å²) < 4.78 is 33.2. The maximum Gasteiger partial charge on any atom is 0.261 e. The smallest absolute Gasteiger partial charge is 0.261 e. The van der Waals surface area contributed by atoms with Crippen LogP contribution in [0.1, 0.15) is 18.4 Å². The Kier molecular flexibility index (Phi) is 7.55. The molecule has 0 saturated carbocycles. The van der Waals surface area contributed by atoms with E-state index in [1.165, 1.54) is 12.1 Å². The number of ether oxygens (including phenoxy) is 1. The summed E-state index contributed by atoms with van der Waals surface area (Å²) in [4.78, 5) is 12.2. The number of sulfonamides is 1. The molecule has 0 aliphatic heterocycles. The highest BCUT2D eigenvalue weighted by molar-refractivity contribution is 7.92. The van der Waals surface area contributed by atoms with Crippen LogP contribution >= 0.6 is 11.6 Å². The van der Waals surface area contributed by atoms with Crippen LogP contribution in [0.2, 0.25) is 5.02 Å². The van der Waals surface area contributed by atoms with Crippen molar-refractivity contribution in [3.8, 4) is 5.75 Å². The summed E-state index contributed by atoms with van der Waals surface area (Å²) in [7, 11) is -3.77. The number of nitrogens with one attached hydrogen (secondary N) is 2. The quantitative estimate of drug-likeness (QED) is 0.429. The predicted molar refractivity (Wildman–Crippen MR) is 123 cm³/mol. The first-order valence-electron chi connectivity index (χ1n) is 9.70. The molecular formula is C23H23ClN2O4S. The summed E-state index contributed by atoms with van der Waals surface area (Å²) in [6.45, 7) is 2.27. The highest BCUT2D eigenvalue weighted by atomic mass is 35.5. The van der Waals surface area contributed by atoms with Gasteiger partial charge in [0.15, 0.2) is 0 Å². The van der Waals surface area contributed by atoms with Crippen LogP contribution in [0, 0.1) is 6.92 Å². The summed E-state index contributed by atoms with van der Waals surface area (Å²) >= 11 is 6.05. The zero-order chi connectivity index (χ0) is 22.3. The Bertz CT molecular complexity index is 1130. The molecule has 3 rings (SSSR count). The number of benzene rings is 3. The lowest BCUT2D eigenvalue weighted by molar-refractivity contribution is -0.116. The fraction of sp³-hybridized carbons (Fsp3) is 0.174. The van der Waals surface area contributed by atoms with E-state index < -0.39 is 10.0 Å². The van der Waals surface area contributed by atoms with Gasteiger partial charge in [-0.05, 0) is 67.4 Å². The summed E-state index contributed by atoms with van der Waals surface area (Å²) in [5.41, 5.74) is 1.76. The molecule has 6 nitrogen and oxygen atoms in total. The minimum Gasteiger partial charge on any atom is -0.494 e. The minimum absolute atomic E-state index is 0.0819. The van der Waals surface area contributed by atoms with Crippen LogP contribution in [-0.4, -0.2) is 20.9 Å². The maximum absolute atomic E-state index is 12.6. The van der Waals surface area contributed by atoms with Gasteiger partial charge in [0.25, 0.3) is 10.0 Å². The molecule has 1 amide bonds. The van der Waals surface area contributed by atoms with E-state index in [0.29, 0.717) is 35.8 Å². The number of anilines is 2. The van der Waals surface area contributed by atoms with Crippen LogP contribution in [0.5, 0.6) is 5.75 Å². The second-order valence-electron chi connectivity index (χ2n) is 6.91. The standard InChI is InChI=1S/C23H23ClN2O4S/c1-17-9-10-19(16-22(17)24)26-31(28,29)21-13-11-18(12-14-21)25-23(27)8-5-15-30-20-6-3-2-4-7-20/h2-4,6-7,9-14,16,26H,5,8,15H2,1H3,(H,25,27). The molecule has 0 fully saturated rings. The average molecular weight is 459 g/mol. The number of carbonyl (C=O) groups is 1. The molecule has 0 saturated heterocycles. The third-order valence-electron chi connectivity index (χ3n) is 4.43. The van der Waals surface area contributed by atoms with Crippen molar-refractivity contribution in [2.24, 2.45) is 0 Å². The van der Waals surface area contributed by atoms with E-state index in [-0.39, 0.29) is 10.8 Å². The SMILES string of the molecule is Cc1ccc(NS(=O)(=O)c2ccc(NC(=O)CCCOc3ccccc3)cc2)cc1Cl. The van der Waals surface area contributed by atoms with Crippen molar-refractivity contribution in [1.29, 1.82) is 0 Å². The fourth-order valence-electron chi connectivity index (χ4n) is 2.75. The third-order valence-corrected chi connectivity index (χ3v) is 6.24. The third kappa shape index (κ3) is 6.73. The van der Waals surface area contributed by atoms with Crippen molar-refractivity contribution in [3.05, 3.63) is 83.4 Å². The van der Waals surface area contributed by atoms with Crippen molar-refractivity contribution in [2.75, 3.05) is 16.6 Å². The van der Waals surface area contributed by atoms with E-state index in [2.05, 4.69) is 10.0 Å². The molecule has 8 heteroatoms. The number of hydrogen-bond donors (Lipinski definition) is 2. The number of aryl methyl sites for hydroxylation is 1. The molecule has 0 unspecified atom stereocenters. The number of carbonyl (C=O) groups excluding carboxylic acids is 1. The van der Waals surface area contributed by atoms with Crippen molar-refractivity contribution in [3.63, 3.8) is 0 Å². The topological polar surface area (TPSA) is 84.5 Å². The average Bonchev–Trinajstić information content (AvgIpc) is 2.75. The second-order valence-corrected chi connectivity index (χ2v) is 9.00. The van der Waals surface area contributed by atoms with E-state index in [4.69, 9.17) is 16.3 Å². The largest absolute Gasteiger partial charge is 0.494 e. The van der Waals surface area contributed by atoms with Gasteiger partial charge in [-0.1, -0.05) is 35.9 Å². The lowest BCUT2D eigenvalue weighted by Gasteiger charge is -2.10. The van der Waals surface area contributed by atoms with Gasteiger partial charge in [-0.15, -0.1) is 0 Å². The normalized spacial score (nSPS) is 11.0. The minimum atomic E-state index is -3.77. The second kappa shape index (κ2) is 10.3. The Morgan fingerprint density at radius 2 is 1.65 bits per heavy atom. The Labute approximate surface area is 187 Å². The van der Waals surface area contributed by atoms with Crippen molar-refractivity contribution < 1.29 is 17.9 Å². The first-order valence-corrected chi connectivity index (χ1v) is 11.6. The predicted octanol–water partition coefficient (Wildman–Crippen LogP) is 5.25. The van der Waals surface area contributed by atoms with Gasteiger partial charge >= 0.3 is 0 Å². The first-order chi connectivity index (χ1) is 14.8. The molecule has 0 atom stereocenters. The molecular weight excluding hydrogens is 436 g/mol. The van der Waals surface area contributed by atoms with Crippen LogP contribution < -0.4 is 14.8 Å². The van der Waals surface area contributed by atoms with E-state index in [1.54, 1.807) is 30.3 Å². The zero-order valence-corrected chi connectivity index (χ0v) is 18.5. The molecule has 0 radical (unpaired) electrons. The molecule has 2 N–H and O–H groups in total. The Hall–Kier alpha value is -3.03. The van der Waals surface area contributed by atoms with E-state index >= 15 is 0 Å². The molecule has 3 aromatic carbocycles. The fourth-order valence-corrected chi connectivity index (χ4v) is 3.98. The molecule has 0 aliphatic carbocycles. The van der Waals surface area contributed by atoms with Gasteiger partial charge < -0.3 is 10.1 Å². The lowest BCUT2D eigenvalue weighted by atomic mass is 10.2. The van der Waals surface area contributed by atoms with Crippen molar-refractivity contribution in [1.82, 2.24) is 0 Å². The van der Waals surface area contributed by atoms with Crippen LogP contribution in [0.15, 0.2) is 77.7 Å². The van der Waals surface area contributed by atoms with Crippen molar-refractivity contribution >= 4 is 38.9 Å². The highest BCUT2D eigenvalue weighted by Gasteiger charge is 2.15. The number of para-hydroxylation sites is 1. The summed E-state index contributed by atoms with van der Waals surface area (Å²) in [5, 5.41) is 3.23. The number of rotatable bonds is 9. The number of halogens is 1. The monoisotopic (exact) mass is 458 g/mol. The van der Waals surface area contributed by atoms with Crippen LogP contribution in [0.3, 0.4) is 0 Å². The van der Waals surface area contributed by atoms with Crippen LogP contribution in [0.4, 0.5) is 11.4 Å². The van der Waals surface area contributed by atoms with Gasteiger partial charge in [0.2, 0.25) is 5.91 Å². The number of hydrogen-bond acceptors (Lipinski definition) is 4. The van der Waals surface area contributed by atoms with Crippen LogP contribution in [0.25, 0.3) is 0 Å². The van der Waals surface area contributed by atoms with E-state index in [0.717, 1.165) is 11.3 Å². The number of amides is 1. The van der Waals surface area contributed by atoms with Gasteiger partial charge in [-0.3, -0.25) is 9.52 Å². The zero-order valence-electron chi connectivity index (χ0n) is 17.0. The summed E-state index contributed by atoms with van der Waals surface area (Å²) in [6.07, 6.45) is 0.860. The van der Waals surface area contributed by atoms with Gasteiger partial charge in [0, 0.05) is 17.1 Å². The van der Waals surface area contributed by atoms with Gasteiger partial charge in [-0.2, -0.15) is 0 Å². The van der Waals surface area contributed by atoms with Crippen LogP contribution in [-0.2, 0) is 14.8 Å². The maximum atomic E-state index is 12.6. The molecule has 0 spiro atoms. The Balaban J connectivity index is 1.50. The Morgan fingerprint density at radius 3 is 2.32 bits per heavy atom. The molecule has 162 valence electrons. The lowest BCUT2D eigenvalue weighted by Crippen LogP contribution is -2.14. The molecule has 3 aromatic rings.